The number of hydrogen-bond acceptors (Lipinski definition) is 3. The Hall–Kier alpha value is -1.65. The van der Waals surface area contributed by atoms with Crippen molar-refractivity contribution in [3.8, 4) is 5.69 Å². The molecule has 1 aromatic carbocycles. The minimum Gasteiger partial charge on any atom is -0.329 e. The van der Waals surface area contributed by atoms with Crippen molar-refractivity contribution in [2.24, 2.45) is 11.7 Å². The van der Waals surface area contributed by atoms with Gasteiger partial charge >= 0.3 is 0 Å². The summed E-state index contributed by atoms with van der Waals surface area (Å²) in [4.78, 5) is 2.41. The van der Waals surface area contributed by atoms with Gasteiger partial charge in [0.1, 0.15) is 0 Å². The number of nitrogens with two attached hydrogens (primary N) is 1. The molecule has 1 aromatic heterocycles. The molecule has 1 saturated carbocycles. The number of para-hydroxylation sites is 1. The fraction of sp³-hybridized carbons (Fsp3) is 0.471. The van der Waals surface area contributed by atoms with Gasteiger partial charge in [0.15, 0.2) is 0 Å². The van der Waals surface area contributed by atoms with Crippen LogP contribution in [0.1, 0.15) is 31.4 Å². The Morgan fingerprint density at radius 3 is 2.67 bits per heavy atom. The molecule has 1 heterocycles. The Bertz CT molecular complexity index is 573. The third-order valence-electron chi connectivity index (χ3n) is 4.65. The van der Waals surface area contributed by atoms with Crippen LogP contribution in [0.15, 0.2) is 42.7 Å². The van der Waals surface area contributed by atoms with Gasteiger partial charge < -0.3 is 5.73 Å². The van der Waals surface area contributed by atoms with E-state index in [0.29, 0.717) is 12.1 Å². The van der Waals surface area contributed by atoms with E-state index in [2.05, 4.69) is 42.3 Å². The first kappa shape index (κ1) is 14.3. The molecule has 0 aliphatic heterocycles. The highest BCUT2D eigenvalue weighted by Gasteiger charge is 2.34. The molecule has 112 valence electrons. The van der Waals surface area contributed by atoms with Crippen molar-refractivity contribution in [2.75, 3.05) is 13.6 Å². The molecule has 1 aliphatic rings. The monoisotopic (exact) mass is 284 g/mol. The van der Waals surface area contributed by atoms with Crippen LogP contribution in [0, 0.1) is 5.92 Å². The number of rotatable bonds is 6. The highest BCUT2D eigenvalue weighted by Crippen LogP contribution is 2.37. The first-order valence-electron chi connectivity index (χ1n) is 7.72. The van der Waals surface area contributed by atoms with Crippen LogP contribution in [0.4, 0.5) is 0 Å². The van der Waals surface area contributed by atoms with Gasteiger partial charge in [0, 0.05) is 30.4 Å². The van der Waals surface area contributed by atoms with E-state index in [9.17, 15) is 0 Å². The molecule has 4 heteroatoms. The van der Waals surface area contributed by atoms with Gasteiger partial charge in [-0.3, -0.25) is 4.90 Å². The molecule has 21 heavy (non-hydrogen) atoms. The van der Waals surface area contributed by atoms with Gasteiger partial charge in [-0.1, -0.05) is 18.2 Å². The molecule has 2 atom stereocenters. The van der Waals surface area contributed by atoms with E-state index in [1.807, 2.05) is 29.1 Å². The lowest BCUT2D eigenvalue weighted by Gasteiger charge is -2.32. The maximum atomic E-state index is 5.96. The van der Waals surface area contributed by atoms with E-state index >= 15 is 0 Å². The second-order valence-corrected chi connectivity index (χ2v) is 6.04. The topological polar surface area (TPSA) is 47.1 Å². The fourth-order valence-electron chi connectivity index (χ4n) is 2.97. The summed E-state index contributed by atoms with van der Waals surface area (Å²) in [6, 6.07) is 11.0. The first-order valence-corrected chi connectivity index (χ1v) is 7.72. The molecule has 3 rings (SSSR count). The van der Waals surface area contributed by atoms with Crippen molar-refractivity contribution in [2.45, 2.75) is 31.8 Å². The summed E-state index contributed by atoms with van der Waals surface area (Å²) in [6.07, 6.45) is 6.73. The Morgan fingerprint density at radius 2 is 2.05 bits per heavy atom. The summed E-state index contributed by atoms with van der Waals surface area (Å²) in [5, 5.41) is 4.49. The Kier molecular flexibility index (Phi) is 4.08. The van der Waals surface area contributed by atoms with Crippen LogP contribution < -0.4 is 5.73 Å². The van der Waals surface area contributed by atoms with Crippen molar-refractivity contribution < 1.29 is 0 Å². The Morgan fingerprint density at radius 1 is 1.33 bits per heavy atom. The number of benzene rings is 1. The lowest BCUT2D eigenvalue weighted by molar-refractivity contribution is 0.170. The minimum absolute atomic E-state index is 0.330. The van der Waals surface area contributed by atoms with Gasteiger partial charge in [0.25, 0.3) is 0 Å². The molecule has 1 aliphatic carbocycles. The van der Waals surface area contributed by atoms with Crippen LogP contribution in [-0.4, -0.2) is 34.3 Å². The van der Waals surface area contributed by atoms with Crippen LogP contribution in [0.25, 0.3) is 5.69 Å². The molecule has 0 saturated heterocycles. The van der Waals surface area contributed by atoms with Crippen molar-refractivity contribution in [3.05, 3.63) is 48.3 Å². The molecule has 0 spiro atoms. The van der Waals surface area contributed by atoms with Crippen molar-refractivity contribution in [3.63, 3.8) is 0 Å². The molecular weight excluding hydrogens is 260 g/mol. The standard InChI is InChI=1S/C17H24N4/c1-13(20(2)17(10-18)14-8-9-14)15-11-19-21(12-15)16-6-4-3-5-7-16/h3-7,11-14,17H,8-10,18H2,1-2H3. The first-order chi connectivity index (χ1) is 10.2. The lowest BCUT2D eigenvalue weighted by Crippen LogP contribution is -2.40. The number of hydrogen-bond donors (Lipinski definition) is 1. The smallest absolute Gasteiger partial charge is 0.0645 e. The summed E-state index contributed by atoms with van der Waals surface area (Å²) in [5.74, 6) is 0.784. The molecule has 0 radical (unpaired) electrons. The van der Waals surface area contributed by atoms with E-state index in [1.165, 1.54) is 18.4 Å². The van der Waals surface area contributed by atoms with E-state index in [0.717, 1.165) is 18.2 Å². The van der Waals surface area contributed by atoms with E-state index in [1.54, 1.807) is 0 Å². The molecule has 0 amide bonds. The molecule has 2 aromatic rings. The van der Waals surface area contributed by atoms with Crippen LogP contribution in [0.3, 0.4) is 0 Å². The van der Waals surface area contributed by atoms with Crippen molar-refractivity contribution >= 4 is 0 Å². The second-order valence-electron chi connectivity index (χ2n) is 6.04. The average Bonchev–Trinajstić information content (AvgIpc) is 3.23. The van der Waals surface area contributed by atoms with Gasteiger partial charge in [0.2, 0.25) is 0 Å². The third kappa shape index (κ3) is 3.01. The minimum atomic E-state index is 0.330. The Labute approximate surface area is 126 Å². The summed E-state index contributed by atoms with van der Waals surface area (Å²) < 4.78 is 1.94. The van der Waals surface area contributed by atoms with Gasteiger partial charge in [-0.2, -0.15) is 5.10 Å². The third-order valence-corrected chi connectivity index (χ3v) is 4.65. The average molecular weight is 284 g/mol. The van der Waals surface area contributed by atoms with Crippen molar-refractivity contribution in [1.29, 1.82) is 0 Å². The van der Waals surface area contributed by atoms with Gasteiger partial charge in [-0.25, -0.2) is 4.68 Å². The maximum absolute atomic E-state index is 5.96. The van der Waals surface area contributed by atoms with Gasteiger partial charge in [-0.05, 0) is 44.9 Å². The summed E-state index contributed by atoms with van der Waals surface area (Å²) >= 11 is 0. The normalized spacial score (nSPS) is 17.9. The predicted octanol–water partition coefficient (Wildman–Crippen LogP) is 2.60. The van der Waals surface area contributed by atoms with Crippen molar-refractivity contribution in [1.82, 2.24) is 14.7 Å². The molecule has 1 fully saturated rings. The van der Waals surface area contributed by atoms with Crippen LogP contribution in [-0.2, 0) is 0 Å². The molecule has 4 nitrogen and oxygen atoms in total. The lowest BCUT2D eigenvalue weighted by atomic mass is 10.1. The maximum Gasteiger partial charge on any atom is 0.0645 e. The van der Waals surface area contributed by atoms with Gasteiger partial charge in [0.05, 0.1) is 11.9 Å². The summed E-state index contributed by atoms with van der Waals surface area (Å²) in [7, 11) is 2.18. The fourth-order valence-corrected chi connectivity index (χ4v) is 2.97. The number of aromatic nitrogens is 2. The van der Waals surface area contributed by atoms with Crippen LogP contribution in [0.2, 0.25) is 0 Å². The highest BCUT2D eigenvalue weighted by atomic mass is 15.3. The SMILES string of the molecule is CC(c1cnn(-c2ccccc2)c1)N(C)C(CN)C1CC1. The van der Waals surface area contributed by atoms with Crippen LogP contribution >= 0.6 is 0 Å². The molecular formula is C17H24N4. The second kappa shape index (κ2) is 6.00. The highest BCUT2D eigenvalue weighted by molar-refractivity contribution is 5.31. The zero-order valence-electron chi connectivity index (χ0n) is 12.8. The zero-order valence-corrected chi connectivity index (χ0v) is 12.8. The Balaban J connectivity index is 1.76. The van der Waals surface area contributed by atoms with E-state index in [4.69, 9.17) is 5.73 Å². The number of nitrogens with zero attached hydrogens (tertiary/aromatic N) is 3. The van der Waals surface area contributed by atoms with Crippen LogP contribution in [0.5, 0.6) is 0 Å². The summed E-state index contributed by atoms with van der Waals surface area (Å²) in [6.45, 7) is 2.97. The van der Waals surface area contributed by atoms with E-state index in [-0.39, 0.29) is 0 Å². The molecule has 2 unspecified atom stereocenters. The molecule has 0 bridgehead atoms. The van der Waals surface area contributed by atoms with E-state index < -0.39 is 0 Å². The predicted molar refractivity (Wildman–Crippen MR) is 85.3 cm³/mol. The molecule has 2 N–H and O–H groups in total. The quantitative estimate of drug-likeness (QED) is 0.887. The number of likely N-dealkylation sites (N-methyl/N-ethyl adjacent to an activating group) is 1. The summed E-state index contributed by atoms with van der Waals surface area (Å²) in [5.41, 5.74) is 8.29. The van der Waals surface area contributed by atoms with Gasteiger partial charge in [-0.15, -0.1) is 0 Å². The largest absolute Gasteiger partial charge is 0.329 e. The zero-order chi connectivity index (χ0) is 14.8.